The Hall–Kier alpha value is -1.70. The van der Waals surface area contributed by atoms with Gasteiger partial charge in [0.15, 0.2) is 9.84 Å². The molecule has 7 nitrogen and oxygen atoms in total. The number of likely N-dealkylation sites (tertiary alicyclic amines) is 1. The van der Waals surface area contributed by atoms with Gasteiger partial charge in [-0.05, 0) is 33.3 Å². The SMILES string of the molecule is CC(C)(C)S(=O)(=O)[C@H]1CCN(C(=O)Cn2ncccc2=O)C1. The van der Waals surface area contributed by atoms with Gasteiger partial charge in [0.2, 0.25) is 5.91 Å². The highest BCUT2D eigenvalue weighted by Gasteiger charge is 2.41. The number of hydrogen-bond donors (Lipinski definition) is 0. The smallest absolute Gasteiger partial charge is 0.267 e. The summed E-state index contributed by atoms with van der Waals surface area (Å²) in [5.41, 5.74) is -0.353. The zero-order valence-corrected chi connectivity index (χ0v) is 13.8. The van der Waals surface area contributed by atoms with Crippen LogP contribution in [0.2, 0.25) is 0 Å². The maximum Gasteiger partial charge on any atom is 0.267 e. The van der Waals surface area contributed by atoms with Crippen LogP contribution in [-0.4, -0.2) is 52.1 Å². The van der Waals surface area contributed by atoms with Crippen LogP contribution in [0, 0.1) is 0 Å². The number of carbonyl (C=O) groups is 1. The second-order valence-corrected chi connectivity index (χ2v) is 9.41. The number of hydrogen-bond acceptors (Lipinski definition) is 5. The van der Waals surface area contributed by atoms with Gasteiger partial charge in [0.05, 0.1) is 10.00 Å². The van der Waals surface area contributed by atoms with E-state index in [-0.39, 0.29) is 24.6 Å². The highest BCUT2D eigenvalue weighted by atomic mass is 32.2. The van der Waals surface area contributed by atoms with E-state index < -0.39 is 19.8 Å². The summed E-state index contributed by atoms with van der Waals surface area (Å²) in [4.78, 5) is 25.3. The van der Waals surface area contributed by atoms with E-state index in [9.17, 15) is 18.0 Å². The number of amides is 1. The minimum atomic E-state index is -3.30. The quantitative estimate of drug-likeness (QED) is 0.783. The predicted molar refractivity (Wildman–Crippen MR) is 82.2 cm³/mol. The number of carbonyl (C=O) groups excluding carboxylic acids is 1. The Morgan fingerprint density at radius 2 is 2.09 bits per heavy atom. The van der Waals surface area contributed by atoms with Crippen LogP contribution >= 0.6 is 0 Å². The van der Waals surface area contributed by atoms with Gasteiger partial charge in [0.1, 0.15) is 6.54 Å². The van der Waals surface area contributed by atoms with E-state index in [0.717, 1.165) is 4.68 Å². The van der Waals surface area contributed by atoms with E-state index in [1.165, 1.54) is 23.2 Å². The lowest BCUT2D eigenvalue weighted by molar-refractivity contribution is -0.131. The van der Waals surface area contributed by atoms with Crippen molar-refractivity contribution in [3.05, 3.63) is 28.7 Å². The van der Waals surface area contributed by atoms with Crippen LogP contribution in [0.1, 0.15) is 27.2 Å². The summed E-state index contributed by atoms with van der Waals surface area (Å²) in [6, 6.07) is 2.84. The third-order valence-electron chi connectivity index (χ3n) is 3.86. The largest absolute Gasteiger partial charge is 0.340 e. The summed E-state index contributed by atoms with van der Waals surface area (Å²) in [6.45, 7) is 5.41. The van der Waals surface area contributed by atoms with E-state index in [4.69, 9.17) is 0 Å². The second kappa shape index (κ2) is 5.83. The van der Waals surface area contributed by atoms with Crippen LogP contribution in [0.25, 0.3) is 0 Å². The first-order valence-corrected chi connectivity index (χ1v) is 8.71. The Labute approximate surface area is 129 Å². The molecule has 22 heavy (non-hydrogen) atoms. The molecule has 0 unspecified atom stereocenters. The highest BCUT2D eigenvalue weighted by molar-refractivity contribution is 7.93. The molecule has 1 aliphatic rings. The van der Waals surface area contributed by atoms with E-state index in [0.29, 0.717) is 13.0 Å². The van der Waals surface area contributed by atoms with Gasteiger partial charge in [-0.3, -0.25) is 9.59 Å². The van der Waals surface area contributed by atoms with E-state index >= 15 is 0 Å². The molecule has 0 N–H and O–H groups in total. The molecule has 1 aromatic rings. The normalized spacial score (nSPS) is 19.4. The van der Waals surface area contributed by atoms with Gasteiger partial charge in [-0.15, -0.1) is 0 Å². The van der Waals surface area contributed by atoms with Crippen molar-refractivity contribution < 1.29 is 13.2 Å². The number of sulfone groups is 1. The minimum Gasteiger partial charge on any atom is -0.340 e. The Bertz CT molecular complexity index is 718. The molecular formula is C14H21N3O4S. The molecule has 1 atom stereocenters. The highest BCUT2D eigenvalue weighted by Crippen LogP contribution is 2.27. The molecule has 8 heteroatoms. The Morgan fingerprint density at radius 1 is 1.41 bits per heavy atom. The monoisotopic (exact) mass is 327 g/mol. The molecule has 1 fully saturated rings. The summed E-state index contributed by atoms with van der Waals surface area (Å²) in [6.07, 6.45) is 1.87. The minimum absolute atomic E-state index is 0.165. The summed E-state index contributed by atoms with van der Waals surface area (Å²) in [7, 11) is -3.30. The fourth-order valence-corrected chi connectivity index (χ4v) is 4.23. The summed E-state index contributed by atoms with van der Waals surface area (Å²) >= 11 is 0. The summed E-state index contributed by atoms with van der Waals surface area (Å²) in [5, 5.41) is 3.29. The van der Waals surface area contributed by atoms with Crippen molar-refractivity contribution in [2.45, 2.75) is 43.7 Å². The fourth-order valence-electron chi connectivity index (χ4n) is 2.44. The third-order valence-corrected chi connectivity index (χ3v) is 6.83. The first-order chi connectivity index (χ1) is 10.1. The molecule has 2 rings (SSSR count). The Morgan fingerprint density at radius 3 is 2.68 bits per heavy atom. The molecule has 0 bridgehead atoms. The lowest BCUT2D eigenvalue weighted by atomic mass is 10.3. The molecular weight excluding hydrogens is 306 g/mol. The molecule has 0 aliphatic carbocycles. The van der Waals surface area contributed by atoms with Crippen molar-refractivity contribution in [2.24, 2.45) is 0 Å². The number of nitrogens with zero attached hydrogens (tertiary/aromatic N) is 3. The van der Waals surface area contributed by atoms with Crippen molar-refractivity contribution in [1.29, 1.82) is 0 Å². The van der Waals surface area contributed by atoms with E-state index in [2.05, 4.69) is 5.10 Å². The van der Waals surface area contributed by atoms with Gasteiger partial charge in [0.25, 0.3) is 5.56 Å². The molecule has 0 saturated carbocycles. The molecule has 0 radical (unpaired) electrons. The van der Waals surface area contributed by atoms with Crippen LogP contribution in [0.15, 0.2) is 23.1 Å². The predicted octanol–water partition coefficient (Wildman–Crippen LogP) is 0.0575. The third kappa shape index (κ3) is 3.21. The van der Waals surface area contributed by atoms with Gasteiger partial charge >= 0.3 is 0 Å². The van der Waals surface area contributed by atoms with E-state index in [1.807, 2.05) is 0 Å². The lowest BCUT2D eigenvalue weighted by Crippen LogP contribution is -2.41. The Balaban J connectivity index is 2.06. The molecule has 0 spiro atoms. The van der Waals surface area contributed by atoms with Gasteiger partial charge in [0, 0.05) is 25.4 Å². The fraction of sp³-hybridized carbons (Fsp3) is 0.643. The average Bonchev–Trinajstić information content (AvgIpc) is 2.90. The molecule has 2 heterocycles. The lowest BCUT2D eigenvalue weighted by Gasteiger charge is -2.24. The molecule has 1 aliphatic heterocycles. The second-order valence-electron chi connectivity index (χ2n) is 6.43. The standard InChI is InChI=1S/C14H21N3O4S/c1-14(2,3)22(20,21)11-6-8-16(9-11)13(19)10-17-12(18)5-4-7-15-17/h4-5,7,11H,6,8-10H2,1-3H3/t11-/m0/s1. The van der Waals surface area contributed by atoms with Crippen molar-refractivity contribution in [2.75, 3.05) is 13.1 Å². The van der Waals surface area contributed by atoms with Crippen molar-refractivity contribution in [3.8, 4) is 0 Å². The van der Waals surface area contributed by atoms with Crippen molar-refractivity contribution in [1.82, 2.24) is 14.7 Å². The van der Waals surface area contributed by atoms with Crippen LogP contribution < -0.4 is 5.56 Å². The first-order valence-electron chi connectivity index (χ1n) is 7.16. The van der Waals surface area contributed by atoms with E-state index in [1.54, 1.807) is 20.8 Å². The van der Waals surface area contributed by atoms with Gasteiger partial charge in [-0.1, -0.05) is 0 Å². The maximum absolute atomic E-state index is 12.4. The van der Waals surface area contributed by atoms with Gasteiger partial charge in [-0.2, -0.15) is 5.10 Å². The average molecular weight is 327 g/mol. The molecule has 0 aromatic carbocycles. The zero-order chi connectivity index (χ0) is 16.5. The van der Waals surface area contributed by atoms with Crippen LogP contribution in [0.4, 0.5) is 0 Å². The first kappa shape index (κ1) is 16.7. The topological polar surface area (TPSA) is 89.3 Å². The van der Waals surface area contributed by atoms with Gasteiger partial charge in [-0.25, -0.2) is 13.1 Å². The maximum atomic E-state index is 12.4. The summed E-state index contributed by atoms with van der Waals surface area (Å²) in [5.74, 6) is -0.285. The molecule has 1 saturated heterocycles. The van der Waals surface area contributed by atoms with Crippen LogP contribution in [0.3, 0.4) is 0 Å². The van der Waals surface area contributed by atoms with Gasteiger partial charge < -0.3 is 4.90 Å². The molecule has 122 valence electrons. The Kier molecular flexibility index (Phi) is 4.42. The van der Waals surface area contributed by atoms with Crippen molar-refractivity contribution >= 4 is 15.7 Å². The number of rotatable bonds is 3. The molecule has 1 aromatic heterocycles. The molecule has 1 amide bonds. The zero-order valence-electron chi connectivity index (χ0n) is 13.0. The van der Waals surface area contributed by atoms with Crippen LogP contribution in [0.5, 0.6) is 0 Å². The number of aromatic nitrogens is 2. The van der Waals surface area contributed by atoms with Crippen molar-refractivity contribution in [3.63, 3.8) is 0 Å². The summed E-state index contributed by atoms with van der Waals surface area (Å²) < 4.78 is 25.1. The van der Waals surface area contributed by atoms with Crippen LogP contribution in [-0.2, 0) is 21.2 Å².